The minimum absolute atomic E-state index is 0.0793. The SMILES string of the molecule is CC[C@H](Br)C(=O)Nc1nc2c(Cl)cc(C)cc2s1. The lowest BCUT2D eigenvalue weighted by atomic mass is 10.2. The maximum Gasteiger partial charge on any atom is 0.239 e. The van der Waals surface area contributed by atoms with Crippen molar-refractivity contribution in [3.05, 3.63) is 22.7 Å². The number of alkyl halides is 1. The quantitative estimate of drug-likeness (QED) is 0.838. The third-order valence-electron chi connectivity index (χ3n) is 2.47. The molecule has 1 amide bonds. The summed E-state index contributed by atoms with van der Waals surface area (Å²) >= 11 is 10.9. The predicted molar refractivity (Wildman–Crippen MR) is 81.0 cm³/mol. The number of carbonyl (C=O) groups is 1. The first-order valence-corrected chi connectivity index (χ1v) is 7.64. The average Bonchev–Trinajstić information content (AvgIpc) is 2.70. The van der Waals surface area contributed by atoms with Crippen LogP contribution in [0.25, 0.3) is 10.2 Å². The van der Waals surface area contributed by atoms with Crippen molar-refractivity contribution in [1.29, 1.82) is 0 Å². The van der Waals surface area contributed by atoms with E-state index < -0.39 is 0 Å². The van der Waals surface area contributed by atoms with Gasteiger partial charge >= 0.3 is 0 Å². The van der Waals surface area contributed by atoms with Gasteiger partial charge in [-0.2, -0.15) is 0 Å². The molecule has 1 atom stereocenters. The molecule has 0 bridgehead atoms. The smallest absolute Gasteiger partial charge is 0.239 e. The Hall–Kier alpha value is -0.650. The molecule has 0 spiro atoms. The van der Waals surface area contributed by atoms with Crippen molar-refractivity contribution < 1.29 is 4.79 Å². The van der Waals surface area contributed by atoms with Crippen LogP contribution in [0.4, 0.5) is 5.13 Å². The molecule has 0 fully saturated rings. The molecular weight excluding hydrogens is 336 g/mol. The minimum atomic E-state index is -0.193. The van der Waals surface area contributed by atoms with E-state index in [0.29, 0.717) is 10.2 Å². The maximum absolute atomic E-state index is 11.7. The Morgan fingerprint density at radius 2 is 2.33 bits per heavy atom. The van der Waals surface area contributed by atoms with Crippen LogP contribution >= 0.6 is 38.9 Å². The highest BCUT2D eigenvalue weighted by Crippen LogP contribution is 2.32. The molecule has 0 unspecified atom stereocenters. The summed E-state index contributed by atoms with van der Waals surface area (Å²) in [5.74, 6) is -0.0793. The van der Waals surface area contributed by atoms with Crippen LogP contribution in [0.15, 0.2) is 12.1 Å². The molecular formula is C12H12BrClN2OS. The van der Waals surface area contributed by atoms with Crippen molar-refractivity contribution in [1.82, 2.24) is 4.98 Å². The van der Waals surface area contributed by atoms with E-state index in [2.05, 4.69) is 26.2 Å². The highest BCUT2D eigenvalue weighted by molar-refractivity contribution is 9.10. The van der Waals surface area contributed by atoms with Crippen molar-refractivity contribution in [3.63, 3.8) is 0 Å². The number of amides is 1. The number of anilines is 1. The standard InChI is InChI=1S/C12H12BrClN2OS/c1-3-7(13)11(17)16-12-15-10-8(14)4-6(2)5-9(10)18-12/h4-5,7H,3H2,1-2H3,(H,15,16,17)/t7-/m0/s1. The van der Waals surface area contributed by atoms with Gasteiger partial charge in [0.05, 0.1) is 14.5 Å². The van der Waals surface area contributed by atoms with Crippen LogP contribution in [0, 0.1) is 6.92 Å². The van der Waals surface area contributed by atoms with E-state index in [1.807, 2.05) is 26.0 Å². The van der Waals surface area contributed by atoms with E-state index in [9.17, 15) is 4.79 Å². The lowest BCUT2D eigenvalue weighted by Gasteiger charge is -2.04. The fourth-order valence-electron chi connectivity index (χ4n) is 1.54. The number of carbonyl (C=O) groups excluding carboxylic acids is 1. The van der Waals surface area contributed by atoms with Gasteiger partial charge in [-0.05, 0) is 31.0 Å². The van der Waals surface area contributed by atoms with Gasteiger partial charge in [-0.15, -0.1) is 0 Å². The summed E-state index contributed by atoms with van der Waals surface area (Å²) in [7, 11) is 0. The third kappa shape index (κ3) is 2.84. The second kappa shape index (κ2) is 5.55. The molecule has 1 aromatic carbocycles. The summed E-state index contributed by atoms with van der Waals surface area (Å²) in [5.41, 5.74) is 1.83. The van der Waals surface area contributed by atoms with Crippen molar-refractivity contribution in [2.45, 2.75) is 25.1 Å². The van der Waals surface area contributed by atoms with Gasteiger partial charge in [0.15, 0.2) is 5.13 Å². The third-order valence-corrected chi connectivity index (χ3v) is 4.74. The molecule has 0 aliphatic rings. The van der Waals surface area contributed by atoms with Crippen LogP contribution in [0.2, 0.25) is 5.02 Å². The monoisotopic (exact) mass is 346 g/mol. The van der Waals surface area contributed by atoms with E-state index in [1.165, 1.54) is 11.3 Å². The van der Waals surface area contributed by atoms with Crippen LogP contribution in [-0.4, -0.2) is 15.7 Å². The number of halogens is 2. The largest absolute Gasteiger partial charge is 0.301 e. The van der Waals surface area contributed by atoms with Gasteiger partial charge in [0, 0.05) is 0 Å². The zero-order valence-corrected chi connectivity index (χ0v) is 13.1. The predicted octanol–water partition coefficient (Wildman–Crippen LogP) is 4.37. The normalized spacial score (nSPS) is 12.7. The first-order valence-electron chi connectivity index (χ1n) is 5.53. The van der Waals surface area contributed by atoms with Crippen LogP contribution in [0.1, 0.15) is 18.9 Å². The molecule has 2 aromatic rings. The molecule has 18 heavy (non-hydrogen) atoms. The fourth-order valence-corrected chi connectivity index (χ4v) is 3.02. The second-order valence-corrected chi connectivity index (χ2v) is 6.52. The number of nitrogens with one attached hydrogen (secondary N) is 1. The first kappa shape index (κ1) is 13.8. The molecule has 96 valence electrons. The average molecular weight is 348 g/mol. The van der Waals surface area contributed by atoms with Gasteiger partial charge in [-0.25, -0.2) is 4.98 Å². The van der Waals surface area contributed by atoms with Crippen molar-refractivity contribution in [3.8, 4) is 0 Å². The number of aryl methyl sites for hydroxylation is 1. The van der Waals surface area contributed by atoms with Gasteiger partial charge in [0.2, 0.25) is 5.91 Å². The topological polar surface area (TPSA) is 42.0 Å². The molecule has 0 saturated carbocycles. The zero-order chi connectivity index (χ0) is 13.3. The van der Waals surface area contributed by atoms with Crippen LogP contribution < -0.4 is 5.32 Å². The highest BCUT2D eigenvalue weighted by atomic mass is 79.9. The van der Waals surface area contributed by atoms with E-state index in [-0.39, 0.29) is 10.7 Å². The molecule has 0 saturated heterocycles. The van der Waals surface area contributed by atoms with E-state index >= 15 is 0 Å². The summed E-state index contributed by atoms with van der Waals surface area (Å²) in [4.78, 5) is 15.9. The summed E-state index contributed by atoms with van der Waals surface area (Å²) < 4.78 is 0.984. The molecule has 0 aliphatic heterocycles. The van der Waals surface area contributed by atoms with Gasteiger partial charge in [0.1, 0.15) is 5.52 Å². The molecule has 0 radical (unpaired) electrons. The van der Waals surface area contributed by atoms with Crippen molar-refractivity contribution >= 4 is 60.1 Å². The highest BCUT2D eigenvalue weighted by Gasteiger charge is 2.15. The molecule has 1 N–H and O–H groups in total. The van der Waals surface area contributed by atoms with E-state index in [1.54, 1.807) is 0 Å². The first-order chi connectivity index (χ1) is 8.51. The molecule has 2 rings (SSSR count). The van der Waals surface area contributed by atoms with Crippen LogP contribution in [-0.2, 0) is 4.79 Å². The number of thiazole rings is 1. The molecule has 1 heterocycles. The summed E-state index contributed by atoms with van der Waals surface area (Å²) in [6.07, 6.45) is 0.733. The Morgan fingerprint density at radius 1 is 1.61 bits per heavy atom. The van der Waals surface area contributed by atoms with Crippen molar-refractivity contribution in [2.75, 3.05) is 5.32 Å². The molecule has 6 heteroatoms. The number of hydrogen-bond acceptors (Lipinski definition) is 3. The lowest BCUT2D eigenvalue weighted by molar-refractivity contribution is -0.115. The molecule has 0 aliphatic carbocycles. The van der Waals surface area contributed by atoms with Gasteiger partial charge in [-0.3, -0.25) is 4.79 Å². The molecule has 1 aromatic heterocycles. The Bertz CT molecular complexity index is 599. The Balaban J connectivity index is 2.31. The van der Waals surface area contributed by atoms with Gasteiger partial charge < -0.3 is 5.32 Å². The fraction of sp³-hybridized carbons (Fsp3) is 0.333. The Kier molecular flexibility index (Phi) is 4.25. The number of rotatable bonds is 3. The van der Waals surface area contributed by atoms with E-state index in [4.69, 9.17) is 11.6 Å². The second-order valence-electron chi connectivity index (χ2n) is 3.98. The maximum atomic E-state index is 11.7. The Labute approximate surface area is 123 Å². The number of aromatic nitrogens is 1. The summed E-state index contributed by atoms with van der Waals surface area (Å²) in [6, 6.07) is 3.88. The summed E-state index contributed by atoms with van der Waals surface area (Å²) in [5, 5.41) is 3.99. The number of hydrogen-bond donors (Lipinski definition) is 1. The molecule has 3 nitrogen and oxygen atoms in total. The summed E-state index contributed by atoms with van der Waals surface area (Å²) in [6.45, 7) is 3.92. The number of nitrogens with zero attached hydrogens (tertiary/aromatic N) is 1. The zero-order valence-electron chi connectivity index (χ0n) is 9.96. The van der Waals surface area contributed by atoms with Crippen LogP contribution in [0.3, 0.4) is 0 Å². The van der Waals surface area contributed by atoms with E-state index in [0.717, 1.165) is 22.2 Å². The van der Waals surface area contributed by atoms with Gasteiger partial charge in [0.25, 0.3) is 0 Å². The number of benzene rings is 1. The number of fused-ring (bicyclic) bond motifs is 1. The van der Waals surface area contributed by atoms with Crippen LogP contribution in [0.5, 0.6) is 0 Å². The van der Waals surface area contributed by atoms with Crippen molar-refractivity contribution in [2.24, 2.45) is 0 Å². The lowest BCUT2D eigenvalue weighted by Crippen LogP contribution is -2.21. The minimum Gasteiger partial charge on any atom is -0.301 e. The Morgan fingerprint density at radius 3 is 3.00 bits per heavy atom. The van der Waals surface area contributed by atoms with Gasteiger partial charge in [-0.1, -0.05) is 45.8 Å².